The average Bonchev–Trinajstić information content (AvgIpc) is 2.91. The van der Waals surface area contributed by atoms with Crippen molar-refractivity contribution in [2.75, 3.05) is 35.0 Å². The Morgan fingerprint density at radius 1 is 0.750 bits per heavy atom. The van der Waals surface area contributed by atoms with Gasteiger partial charge in [-0.15, -0.1) is 0 Å². The smallest absolute Gasteiger partial charge is 0.126 e. The van der Waals surface area contributed by atoms with Crippen LogP contribution in [-0.4, -0.2) is 95.2 Å². The standard InChI is InChI=1S/C26H38O10/c1-6-25(31,13-16-7-9-18(33-2)11-21(16)35-4)24(30)26(32,23(29)20(28)15-27)14-17-8-10-19(34-3)12-22(17)36-5/h7-12,20,23-24,27-32H,6,13-15H2,1-5H3/t20-,23+,24+,25?,26+/m0/s1. The van der Waals surface area contributed by atoms with Gasteiger partial charge in [0.05, 0.1) is 40.6 Å². The van der Waals surface area contributed by atoms with E-state index in [0.29, 0.717) is 34.1 Å². The summed E-state index contributed by atoms with van der Waals surface area (Å²) < 4.78 is 21.2. The topological polar surface area (TPSA) is 158 Å². The molecular weight excluding hydrogens is 472 g/mol. The van der Waals surface area contributed by atoms with E-state index in [1.807, 2.05) is 0 Å². The van der Waals surface area contributed by atoms with Gasteiger partial charge < -0.3 is 49.6 Å². The second kappa shape index (κ2) is 12.6. The number of hydrogen-bond acceptors (Lipinski definition) is 10. The highest BCUT2D eigenvalue weighted by atomic mass is 16.5. The van der Waals surface area contributed by atoms with Crippen LogP contribution in [0.25, 0.3) is 0 Å². The SMILES string of the molecule is CCC(O)(Cc1ccc(OC)cc1OC)[C@@H](O)[C@@](O)(Cc1ccc(OC)cc1OC)[C@H](O)[C@@H](O)CO. The number of methoxy groups -OCH3 is 4. The van der Waals surface area contributed by atoms with Crippen LogP contribution in [0, 0.1) is 0 Å². The summed E-state index contributed by atoms with van der Waals surface area (Å²) in [7, 11) is 5.84. The fourth-order valence-corrected chi connectivity index (χ4v) is 4.31. The molecule has 0 saturated carbocycles. The second-order valence-electron chi connectivity index (χ2n) is 8.75. The quantitative estimate of drug-likeness (QED) is 0.211. The summed E-state index contributed by atoms with van der Waals surface area (Å²) in [5, 5.41) is 65.4. The van der Waals surface area contributed by atoms with E-state index in [1.165, 1.54) is 28.4 Å². The van der Waals surface area contributed by atoms with Gasteiger partial charge in [0, 0.05) is 25.0 Å². The van der Waals surface area contributed by atoms with Crippen molar-refractivity contribution in [3.05, 3.63) is 47.5 Å². The zero-order valence-electron chi connectivity index (χ0n) is 21.3. The molecule has 0 aliphatic heterocycles. The maximum Gasteiger partial charge on any atom is 0.126 e. The highest BCUT2D eigenvalue weighted by Gasteiger charge is 2.54. The Balaban J connectivity index is 2.56. The van der Waals surface area contributed by atoms with Gasteiger partial charge in [0.2, 0.25) is 0 Å². The van der Waals surface area contributed by atoms with Gasteiger partial charge in [-0.2, -0.15) is 0 Å². The lowest BCUT2D eigenvalue weighted by Crippen LogP contribution is -2.66. The lowest BCUT2D eigenvalue weighted by Gasteiger charge is -2.46. The Morgan fingerprint density at radius 3 is 1.61 bits per heavy atom. The molecule has 6 N–H and O–H groups in total. The number of aliphatic hydroxyl groups excluding tert-OH is 4. The Bertz CT molecular complexity index is 983. The molecule has 0 aliphatic carbocycles. The molecule has 0 amide bonds. The van der Waals surface area contributed by atoms with Gasteiger partial charge in [0.15, 0.2) is 0 Å². The van der Waals surface area contributed by atoms with Crippen LogP contribution in [0.15, 0.2) is 36.4 Å². The first kappa shape index (κ1) is 29.6. The van der Waals surface area contributed by atoms with Crippen LogP contribution >= 0.6 is 0 Å². The van der Waals surface area contributed by atoms with Crippen molar-refractivity contribution in [1.29, 1.82) is 0 Å². The molecule has 1 unspecified atom stereocenters. The van der Waals surface area contributed by atoms with Gasteiger partial charge in [0.1, 0.15) is 46.9 Å². The molecule has 0 aliphatic rings. The van der Waals surface area contributed by atoms with Crippen molar-refractivity contribution >= 4 is 0 Å². The highest BCUT2D eigenvalue weighted by molar-refractivity contribution is 5.43. The first-order valence-corrected chi connectivity index (χ1v) is 11.5. The van der Waals surface area contributed by atoms with E-state index in [9.17, 15) is 30.6 Å². The summed E-state index contributed by atoms with van der Waals surface area (Å²) in [6.07, 6.45) is -6.44. The van der Waals surface area contributed by atoms with Crippen LogP contribution < -0.4 is 18.9 Å². The van der Waals surface area contributed by atoms with Crippen molar-refractivity contribution in [1.82, 2.24) is 0 Å². The van der Waals surface area contributed by atoms with E-state index < -0.39 is 42.5 Å². The average molecular weight is 511 g/mol. The molecule has 5 atom stereocenters. The number of aliphatic hydroxyl groups is 6. The van der Waals surface area contributed by atoms with E-state index in [4.69, 9.17) is 18.9 Å². The summed E-state index contributed by atoms with van der Waals surface area (Å²) >= 11 is 0. The molecule has 0 heterocycles. The molecule has 0 saturated heterocycles. The van der Waals surface area contributed by atoms with Crippen molar-refractivity contribution in [3.8, 4) is 23.0 Å². The molecule has 0 aromatic heterocycles. The second-order valence-corrected chi connectivity index (χ2v) is 8.75. The lowest BCUT2D eigenvalue weighted by atomic mass is 9.72. The van der Waals surface area contributed by atoms with Gasteiger partial charge in [-0.3, -0.25) is 0 Å². The molecule has 2 aromatic rings. The highest BCUT2D eigenvalue weighted by Crippen LogP contribution is 2.38. The van der Waals surface area contributed by atoms with E-state index in [-0.39, 0.29) is 12.8 Å². The van der Waals surface area contributed by atoms with E-state index in [0.717, 1.165) is 0 Å². The van der Waals surface area contributed by atoms with Gasteiger partial charge in [-0.05, 0) is 29.7 Å². The Hall–Kier alpha value is -2.60. The largest absolute Gasteiger partial charge is 0.497 e. The van der Waals surface area contributed by atoms with Crippen LogP contribution in [0.1, 0.15) is 24.5 Å². The number of rotatable bonds is 14. The number of benzene rings is 2. The van der Waals surface area contributed by atoms with Crippen molar-refractivity contribution in [2.24, 2.45) is 0 Å². The molecule has 2 aromatic carbocycles. The van der Waals surface area contributed by atoms with Crippen LogP contribution in [0.2, 0.25) is 0 Å². The monoisotopic (exact) mass is 510 g/mol. The molecule has 36 heavy (non-hydrogen) atoms. The molecule has 202 valence electrons. The molecular formula is C26H38O10. The van der Waals surface area contributed by atoms with E-state index >= 15 is 0 Å². The summed E-state index contributed by atoms with van der Waals surface area (Å²) in [6.45, 7) is 0.731. The Labute approximate surface area is 211 Å². The zero-order valence-corrected chi connectivity index (χ0v) is 21.3. The van der Waals surface area contributed by atoms with E-state index in [1.54, 1.807) is 43.3 Å². The first-order chi connectivity index (χ1) is 17.0. The molecule has 2 rings (SSSR count). The molecule has 0 bridgehead atoms. The first-order valence-electron chi connectivity index (χ1n) is 11.5. The molecule has 10 heteroatoms. The van der Waals surface area contributed by atoms with Crippen molar-refractivity contribution in [2.45, 2.75) is 55.7 Å². The summed E-state index contributed by atoms with van der Waals surface area (Å²) in [5.41, 5.74) is -3.60. The molecule has 10 nitrogen and oxygen atoms in total. The molecule has 0 fully saturated rings. The zero-order chi connectivity index (χ0) is 27.1. The van der Waals surface area contributed by atoms with Gasteiger partial charge >= 0.3 is 0 Å². The maximum atomic E-state index is 11.7. The minimum Gasteiger partial charge on any atom is -0.497 e. The minimum absolute atomic E-state index is 0.0344. The van der Waals surface area contributed by atoms with Gasteiger partial charge in [0.25, 0.3) is 0 Å². The Morgan fingerprint density at radius 2 is 1.22 bits per heavy atom. The third-order valence-electron chi connectivity index (χ3n) is 6.62. The van der Waals surface area contributed by atoms with Crippen LogP contribution in [0.3, 0.4) is 0 Å². The lowest BCUT2D eigenvalue weighted by molar-refractivity contribution is -0.229. The third-order valence-corrected chi connectivity index (χ3v) is 6.62. The van der Waals surface area contributed by atoms with E-state index in [2.05, 4.69) is 0 Å². The van der Waals surface area contributed by atoms with Gasteiger partial charge in [-0.25, -0.2) is 0 Å². The van der Waals surface area contributed by atoms with Gasteiger partial charge in [-0.1, -0.05) is 19.1 Å². The molecule has 0 radical (unpaired) electrons. The summed E-state index contributed by atoms with van der Waals surface area (Å²) in [4.78, 5) is 0. The third kappa shape index (κ3) is 6.20. The summed E-state index contributed by atoms with van der Waals surface area (Å²) in [5.74, 6) is 1.69. The van der Waals surface area contributed by atoms with Crippen LogP contribution in [0.4, 0.5) is 0 Å². The fourth-order valence-electron chi connectivity index (χ4n) is 4.31. The number of hydrogen-bond donors (Lipinski definition) is 6. The summed E-state index contributed by atoms with van der Waals surface area (Å²) in [6, 6.07) is 9.69. The van der Waals surface area contributed by atoms with Crippen molar-refractivity contribution in [3.63, 3.8) is 0 Å². The van der Waals surface area contributed by atoms with Crippen LogP contribution in [-0.2, 0) is 12.8 Å². The molecule has 0 spiro atoms. The Kier molecular flexibility index (Phi) is 10.4. The maximum absolute atomic E-state index is 11.7. The minimum atomic E-state index is -2.51. The predicted molar refractivity (Wildman–Crippen MR) is 132 cm³/mol. The normalized spacial score (nSPS) is 17.3. The predicted octanol–water partition coefficient (Wildman–Crippen LogP) is 0.453. The van der Waals surface area contributed by atoms with Crippen molar-refractivity contribution < 1.29 is 49.6 Å². The van der Waals surface area contributed by atoms with Crippen LogP contribution in [0.5, 0.6) is 23.0 Å². The fraction of sp³-hybridized carbons (Fsp3) is 0.538. The number of ether oxygens (including phenoxy) is 4.